The standard InChI is InChI=1S/C25H28N6O2/c1-31(2)10-5-11-32-22-14-17(19-8-9-27-25(26)29-19)13-20-23(22)30-24(28-20)18-12-16-6-3-4-7-21(16)33-15-18/h3-4,6-9,13-14,18H,5,10-12,15H2,1-2H3,(H,28,30)(H2,26,27,29). The number of para-hydroxylation sites is 1. The van der Waals surface area contributed by atoms with Gasteiger partial charge in [-0.15, -0.1) is 0 Å². The van der Waals surface area contributed by atoms with Crippen LogP contribution in [0, 0.1) is 0 Å². The second-order valence-electron chi connectivity index (χ2n) is 8.62. The fourth-order valence-corrected chi connectivity index (χ4v) is 4.16. The van der Waals surface area contributed by atoms with Crippen molar-refractivity contribution in [3.8, 4) is 22.8 Å². The number of benzene rings is 2. The quantitative estimate of drug-likeness (QED) is 0.420. The summed E-state index contributed by atoms with van der Waals surface area (Å²) in [6.45, 7) is 2.15. The molecule has 0 spiro atoms. The van der Waals surface area contributed by atoms with Crippen molar-refractivity contribution in [2.24, 2.45) is 0 Å². The number of nitrogen functional groups attached to an aromatic ring is 1. The molecule has 1 unspecified atom stereocenters. The van der Waals surface area contributed by atoms with Crippen molar-refractivity contribution in [2.45, 2.75) is 18.8 Å². The number of ether oxygens (including phenoxy) is 2. The highest BCUT2D eigenvalue weighted by molar-refractivity contribution is 5.87. The number of rotatable bonds is 7. The van der Waals surface area contributed by atoms with Crippen LogP contribution in [0.15, 0.2) is 48.7 Å². The minimum Gasteiger partial charge on any atom is -0.493 e. The van der Waals surface area contributed by atoms with Crippen LogP contribution < -0.4 is 15.2 Å². The highest BCUT2D eigenvalue weighted by atomic mass is 16.5. The third kappa shape index (κ3) is 4.61. The first-order chi connectivity index (χ1) is 16.1. The zero-order valence-electron chi connectivity index (χ0n) is 18.9. The smallest absolute Gasteiger partial charge is 0.220 e. The number of nitrogens with two attached hydrogens (primary N) is 1. The topological polar surface area (TPSA) is 102 Å². The SMILES string of the molecule is CN(C)CCCOc1cc(-c2ccnc(N)n2)cc2nc(C3COc4ccccc4C3)[nH]c12. The number of fused-ring (bicyclic) bond motifs is 2. The highest BCUT2D eigenvalue weighted by Gasteiger charge is 2.25. The number of imidazole rings is 1. The van der Waals surface area contributed by atoms with E-state index in [1.807, 2.05) is 36.4 Å². The van der Waals surface area contributed by atoms with Gasteiger partial charge in [-0.05, 0) is 56.8 Å². The zero-order valence-corrected chi connectivity index (χ0v) is 18.9. The van der Waals surface area contributed by atoms with Crippen molar-refractivity contribution in [1.82, 2.24) is 24.8 Å². The lowest BCUT2D eigenvalue weighted by Crippen LogP contribution is -2.20. The van der Waals surface area contributed by atoms with E-state index in [1.165, 1.54) is 5.56 Å². The maximum absolute atomic E-state index is 6.22. The lowest BCUT2D eigenvalue weighted by atomic mass is 9.96. The summed E-state index contributed by atoms with van der Waals surface area (Å²) in [6, 6.07) is 14.0. The summed E-state index contributed by atoms with van der Waals surface area (Å²) >= 11 is 0. The van der Waals surface area contributed by atoms with Crippen molar-refractivity contribution >= 4 is 17.0 Å². The Bertz CT molecular complexity index is 1270. The molecule has 2 aromatic heterocycles. The lowest BCUT2D eigenvalue weighted by molar-refractivity contribution is 0.258. The molecule has 0 fully saturated rings. The Morgan fingerprint density at radius 2 is 2.06 bits per heavy atom. The van der Waals surface area contributed by atoms with E-state index in [4.69, 9.17) is 20.2 Å². The Balaban J connectivity index is 1.49. The van der Waals surface area contributed by atoms with Gasteiger partial charge in [-0.25, -0.2) is 15.0 Å². The summed E-state index contributed by atoms with van der Waals surface area (Å²) in [4.78, 5) is 19.0. The van der Waals surface area contributed by atoms with Crippen LogP contribution in [0.3, 0.4) is 0 Å². The first kappa shape index (κ1) is 21.2. The molecule has 8 nitrogen and oxygen atoms in total. The van der Waals surface area contributed by atoms with Crippen LogP contribution >= 0.6 is 0 Å². The van der Waals surface area contributed by atoms with E-state index >= 15 is 0 Å². The Morgan fingerprint density at radius 1 is 1.18 bits per heavy atom. The van der Waals surface area contributed by atoms with Crippen molar-refractivity contribution in [2.75, 3.05) is 39.6 Å². The number of aromatic nitrogens is 4. The molecular weight excluding hydrogens is 416 g/mol. The van der Waals surface area contributed by atoms with E-state index in [0.717, 1.165) is 59.0 Å². The Kier molecular flexibility index (Phi) is 5.83. The normalized spacial score (nSPS) is 15.4. The fraction of sp³-hybridized carbons (Fsp3) is 0.320. The van der Waals surface area contributed by atoms with Gasteiger partial charge in [0.05, 0.1) is 30.3 Å². The third-order valence-corrected chi connectivity index (χ3v) is 5.82. The lowest BCUT2D eigenvalue weighted by Gasteiger charge is -2.23. The average molecular weight is 445 g/mol. The van der Waals surface area contributed by atoms with Crippen LogP contribution in [-0.4, -0.2) is 58.7 Å². The molecule has 33 heavy (non-hydrogen) atoms. The number of aromatic amines is 1. The number of nitrogens with one attached hydrogen (secondary N) is 1. The summed E-state index contributed by atoms with van der Waals surface area (Å²) in [5.74, 6) is 3.00. The highest BCUT2D eigenvalue weighted by Crippen LogP contribution is 2.35. The summed E-state index contributed by atoms with van der Waals surface area (Å²) in [6.07, 6.45) is 3.46. The molecule has 2 aromatic carbocycles. The Hall–Kier alpha value is -3.65. The molecule has 0 amide bonds. The number of H-pyrrole nitrogens is 1. The van der Waals surface area contributed by atoms with Gasteiger partial charge < -0.3 is 25.1 Å². The first-order valence-electron chi connectivity index (χ1n) is 11.2. The Morgan fingerprint density at radius 3 is 2.91 bits per heavy atom. The molecule has 0 bridgehead atoms. The molecule has 1 atom stereocenters. The molecular formula is C25H28N6O2. The zero-order chi connectivity index (χ0) is 22.8. The van der Waals surface area contributed by atoms with Gasteiger partial charge in [0.15, 0.2) is 0 Å². The van der Waals surface area contributed by atoms with Crippen LogP contribution in [0.5, 0.6) is 11.5 Å². The third-order valence-electron chi connectivity index (χ3n) is 5.82. The van der Waals surface area contributed by atoms with Crippen LogP contribution in [0.1, 0.15) is 23.7 Å². The van der Waals surface area contributed by atoms with Gasteiger partial charge in [-0.3, -0.25) is 0 Å². The molecule has 0 aliphatic carbocycles. The van der Waals surface area contributed by atoms with Crippen molar-refractivity contribution in [3.05, 3.63) is 60.0 Å². The van der Waals surface area contributed by atoms with Gasteiger partial charge >= 0.3 is 0 Å². The second kappa shape index (κ2) is 9.07. The fourth-order valence-electron chi connectivity index (χ4n) is 4.16. The largest absolute Gasteiger partial charge is 0.493 e. The summed E-state index contributed by atoms with van der Waals surface area (Å²) < 4.78 is 12.2. The number of anilines is 1. The Labute approximate surface area is 192 Å². The summed E-state index contributed by atoms with van der Waals surface area (Å²) in [5.41, 5.74) is 10.4. The number of nitrogens with zero attached hydrogens (tertiary/aromatic N) is 4. The molecule has 1 aliphatic rings. The van der Waals surface area contributed by atoms with Gasteiger partial charge in [-0.1, -0.05) is 18.2 Å². The van der Waals surface area contributed by atoms with Gasteiger partial charge in [0.2, 0.25) is 5.95 Å². The minimum absolute atomic E-state index is 0.145. The van der Waals surface area contributed by atoms with Gasteiger partial charge in [0.1, 0.15) is 22.8 Å². The molecule has 3 heterocycles. The monoisotopic (exact) mass is 444 g/mol. The van der Waals surface area contributed by atoms with E-state index < -0.39 is 0 Å². The molecule has 0 saturated carbocycles. The van der Waals surface area contributed by atoms with Crippen molar-refractivity contribution in [3.63, 3.8) is 0 Å². The predicted octanol–water partition coefficient (Wildman–Crippen LogP) is 3.65. The van der Waals surface area contributed by atoms with Crippen molar-refractivity contribution < 1.29 is 9.47 Å². The predicted molar refractivity (Wildman–Crippen MR) is 129 cm³/mol. The van der Waals surface area contributed by atoms with Gasteiger partial charge in [-0.2, -0.15) is 0 Å². The maximum atomic E-state index is 6.22. The molecule has 8 heteroatoms. The molecule has 4 aromatic rings. The van der Waals surface area contributed by atoms with Gasteiger partial charge in [0, 0.05) is 18.3 Å². The molecule has 0 saturated heterocycles. The average Bonchev–Trinajstić information content (AvgIpc) is 3.26. The second-order valence-corrected chi connectivity index (χ2v) is 8.62. The van der Waals surface area contributed by atoms with E-state index in [0.29, 0.717) is 13.2 Å². The van der Waals surface area contributed by atoms with E-state index in [2.05, 4.69) is 40.0 Å². The van der Waals surface area contributed by atoms with E-state index in [1.54, 1.807) is 6.20 Å². The first-order valence-corrected chi connectivity index (χ1v) is 11.2. The van der Waals surface area contributed by atoms with Crippen molar-refractivity contribution in [1.29, 1.82) is 0 Å². The molecule has 3 N–H and O–H groups in total. The molecule has 1 aliphatic heterocycles. The van der Waals surface area contributed by atoms with Gasteiger partial charge in [0.25, 0.3) is 0 Å². The van der Waals surface area contributed by atoms with E-state index in [9.17, 15) is 0 Å². The van der Waals surface area contributed by atoms with E-state index in [-0.39, 0.29) is 11.9 Å². The maximum Gasteiger partial charge on any atom is 0.220 e. The van der Waals surface area contributed by atoms with Crippen LogP contribution in [0.2, 0.25) is 0 Å². The van der Waals surface area contributed by atoms with Crippen LogP contribution in [0.4, 0.5) is 5.95 Å². The van der Waals surface area contributed by atoms with Crippen LogP contribution in [0.25, 0.3) is 22.3 Å². The molecule has 170 valence electrons. The molecule has 0 radical (unpaired) electrons. The number of hydrogen-bond acceptors (Lipinski definition) is 7. The summed E-state index contributed by atoms with van der Waals surface area (Å²) in [5, 5.41) is 0. The van der Waals surface area contributed by atoms with Crippen LogP contribution in [-0.2, 0) is 6.42 Å². The minimum atomic E-state index is 0.145. The number of hydrogen-bond donors (Lipinski definition) is 2. The summed E-state index contributed by atoms with van der Waals surface area (Å²) in [7, 11) is 4.12. The molecule has 5 rings (SSSR count).